The molecule has 19 heavy (non-hydrogen) atoms. The Kier molecular flexibility index (Phi) is 3.48. The predicted octanol–water partition coefficient (Wildman–Crippen LogP) is 3.36. The lowest BCUT2D eigenvalue weighted by Gasteiger charge is -2.16. The van der Waals surface area contributed by atoms with Crippen LogP contribution in [0.15, 0.2) is 23.7 Å². The van der Waals surface area contributed by atoms with Crippen molar-refractivity contribution >= 4 is 22.3 Å². The zero-order valence-corrected chi connectivity index (χ0v) is 12.1. The Morgan fingerprint density at radius 2 is 2.32 bits per heavy atom. The highest BCUT2D eigenvalue weighted by Crippen LogP contribution is 2.32. The molecule has 4 nitrogen and oxygen atoms in total. The van der Waals surface area contributed by atoms with Crippen molar-refractivity contribution in [2.24, 2.45) is 0 Å². The topological polar surface area (TPSA) is 41.1 Å². The lowest BCUT2D eigenvalue weighted by molar-refractivity contribution is 0.313. The van der Waals surface area contributed by atoms with E-state index in [0.717, 1.165) is 16.5 Å². The van der Waals surface area contributed by atoms with E-state index in [9.17, 15) is 0 Å². The number of aromatic nitrogens is 2. The van der Waals surface area contributed by atoms with E-state index in [4.69, 9.17) is 0 Å². The summed E-state index contributed by atoms with van der Waals surface area (Å²) < 4.78 is 0. The van der Waals surface area contributed by atoms with Gasteiger partial charge in [0.1, 0.15) is 5.82 Å². The summed E-state index contributed by atoms with van der Waals surface area (Å²) in [5.41, 5.74) is 2.34. The fourth-order valence-electron chi connectivity index (χ4n) is 2.43. The third-order valence-electron chi connectivity index (χ3n) is 3.53. The van der Waals surface area contributed by atoms with E-state index < -0.39 is 0 Å². The maximum Gasteiger partial charge on any atom is 0.188 e. The van der Waals surface area contributed by atoms with Crippen LogP contribution in [0.2, 0.25) is 0 Å². The summed E-state index contributed by atoms with van der Waals surface area (Å²) in [6.45, 7) is 3.21. The molecule has 1 N–H and O–H groups in total. The third-order valence-corrected chi connectivity index (χ3v) is 4.31. The highest BCUT2D eigenvalue weighted by Gasteiger charge is 2.24. The first kappa shape index (κ1) is 12.6. The van der Waals surface area contributed by atoms with E-state index in [1.165, 1.54) is 25.1 Å². The molecule has 100 valence electrons. The minimum Gasteiger partial charge on any atom is -0.316 e. The number of nitrogens with zero attached hydrogens (tertiary/aromatic N) is 3. The minimum absolute atomic E-state index is 0.484. The quantitative estimate of drug-likeness (QED) is 0.932. The van der Waals surface area contributed by atoms with Gasteiger partial charge in [0.25, 0.3) is 0 Å². The normalized spacial score (nSPS) is 19.8. The van der Waals surface area contributed by atoms with Crippen molar-refractivity contribution in [2.45, 2.75) is 25.8 Å². The van der Waals surface area contributed by atoms with Crippen molar-refractivity contribution in [1.29, 1.82) is 0 Å². The Bertz CT molecular complexity index is 549. The summed E-state index contributed by atoms with van der Waals surface area (Å²) in [5.74, 6) is 0.853. The lowest BCUT2D eigenvalue weighted by atomic mass is 10.2. The highest BCUT2D eigenvalue weighted by atomic mass is 32.1. The first-order chi connectivity index (χ1) is 9.22. The first-order valence-corrected chi connectivity index (χ1v) is 7.46. The van der Waals surface area contributed by atoms with Crippen molar-refractivity contribution < 1.29 is 0 Å². The molecule has 5 heteroatoms. The fraction of sp³-hybridized carbons (Fsp3) is 0.429. The van der Waals surface area contributed by atoms with Crippen LogP contribution in [0.1, 0.15) is 30.1 Å². The van der Waals surface area contributed by atoms with Gasteiger partial charge in [0.05, 0.1) is 11.7 Å². The van der Waals surface area contributed by atoms with Gasteiger partial charge in [0.15, 0.2) is 5.13 Å². The zero-order valence-electron chi connectivity index (χ0n) is 11.3. The molecule has 1 unspecified atom stereocenters. The van der Waals surface area contributed by atoms with Crippen LogP contribution in [0.25, 0.3) is 0 Å². The van der Waals surface area contributed by atoms with Gasteiger partial charge in [0, 0.05) is 11.6 Å². The lowest BCUT2D eigenvalue weighted by Crippen LogP contribution is -2.17. The van der Waals surface area contributed by atoms with E-state index in [1.807, 2.05) is 19.2 Å². The molecule has 0 radical (unpaired) electrons. The maximum absolute atomic E-state index is 4.69. The Balaban J connectivity index is 1.72. The van der Waals surface area contributed by atoms with Crippen molar-refractivity contribution in [2.75, 3.05) is 18.9 Å². The predicted molar refractivity (Wildman–Crippen MR) is 79.0 cm³/mol. The second kappa shape index (κ2) is 5.27. The number of rotatable bonds is 3. The molecule has 3 rings (SSSR count). The number of aryl methyl sites for hydroxylation is 1. The monoisotopic (exact) mass is 274 g/mol. The van der Waals surface area contributed by atoms with Gasteiger partial charge in [-0.2, -0.15) is 0 Å². The van der Waals surface area contributed by atoms with Gasteiger partial charge >= 0.3 is 0 Å². The number of thiazole rings is 1. The van der Waals surface area contributed by atoms with Crippen LogP contribution in [0.4, 0.5) is 10.9 Å². The van der Waals surface area contributed by atoms with Crippen molar-refractivity contribution in [1.82, 2.24) is 14.9 Å². The smallest absolute Gasteiger partial charge is 0.188 e. The van der Waals surface area contributed by atoms with Gasteiger partial charge in [-0.05, 0) is 45.0 Å². The molecule has 3 heterocycles. The average Bonchev–Trinajstić information content (AvgIpc) is 3.01. The highest BCUT2D eigenvalue weighted by molar-refractivity contribution is 7.13. The van der Waals surface area contributed by atoms with Gasteiger partial charge in [-0.3, -0.25) is 4.90 Å². The van der Waals surface area contributed by atoms with E-state index in [0.29, 0.717) is 6.04 Å². The molecular weight excluding hydrogens is 256 g/mol. The van der Waals surface area contributed by atoms with Crippen molar-refractivity contribution in [3.8, 4) is 0 Å². The van der Waals surface area contributed by atoms with Gasteiger partial charge < -0.3 is 5.32 Å². The summed E-state index contributed by atoms with van der Waals surface area (Å²) in [5, 5.41) is 6.35. The van der Waals surface area contributed by atoms with Gasteiger partial charge in [0.2, 0.25) is 0 Å². The largest absolute Gasteiger partial charge is 0.316 e. The zero-order chi connectivity index (χ0) is 13.2. The SMILES string of the molecule is Cc1ccc(Nc2nc(C3CCCN3C)cs2)nc1. The van der Waals surface area contributed by atoms with Crippen LogP contribution in [0.5, 0.6) is 0 Å². The number of pyridine rings is 1. The minimum atomic E-state index is 0.484. The summed E-state index contributed by atoms with van der Waals surface area (Å²) in [6, 6.07) is 4.52. The summed E-state index contributed by atoms with van der Waals surface area (Å²) >= 11 is 1.65. The number of anilines is 2. The van der Waals surface area contributed by atoms with E-state index >= 15 is 0 Å². The molecule has 1 atom stereocenters. The number of hydrogen-bond acceptors (Lipinski definition) is 5. The Labute approximate surface area is 117 Å². The number of likely N-dealkylation sites (tertiary alicyclic amines) is 1. The van der Waals surface area contributed by atoms with Crippen LogP contribution in [-0.2, 0) is 0 Å². The molecule has 0 aromatic carbocycles. The second-order valence-corrected chi connectivity index (χ2v) is 5.92. The van der Waals surface area contributed by atoms with E-state index in [-0.39, 0.29) is 0 Å². The molecule has 1 aliphatic rings. The Morgan fingerprint density at radius 3 is 3.00 bits per heavy atom. The summed E-state index contributed by atoms with van der Waals surface area (Å²) in [4.78, 5) is 11.4. The van der Waals surface area contributed by atoms with Crippen LogP contribution in [0.3, 0.4) is 0 Å². The summed E-state index contributed by atoms with van der Waals surface area (Å²) in [6.07, 6.45) is 4.34. The van der Waals surface area contributed by atoms with E-state index in [2.05, 4.69) is 38.7 Å². The fourth-order valence-corrected chi connectivity index (χ4v) is 3.20. The van der Waals surface area contributed by atoms with Gasteiger partial charge in [-0.1, -0.05) is 6.07 Å². The Morgan fingerprint density at radius 1 is 1.42 bits per heavy atom. The molecule has 0 aliphatic carbocycles. The van der Waals surface area contributed by atoms with Crippen LogP contribution in [-0.4, -0.2) is 28.5 Å². The Hall–Kier alpha value is -1.46. The van der Waals surface area contributed by atoms with Crippen molar-refractivity contribution in [3.05, 3.63) is 35.0 Å². The molecular formula is C14H18N4S. The number of nitrogens with one attached hydrogen (secondary N) is 1. The molecule has 2 aromatic rings. The molecule has 1 aliphatic heterocycles. The molecule has 1 saturated heterocycles. The molecule has 2 aromatic heterocycles. The third kappa shape index (κ3) is 2.77. The summed E-state index contributed by atoms with van der Waals surface area (Å²) in [7, 11) is 2.17. The van der Waals surface area contributed by atoms with Crippen molar-refractivity contribution in [3.63, 3.8) is 0 Å². The standard InChI is InChI=1S/C14H18N4S/c1-10-5-6-13(15-8-10)17-14-16-11(9-19-14)12-4-3-7-18(12)2/h5-6,8-9,12H,3-4,7H2,1-2H3,(H,15,16,17). The maximum atomic E-state index is 4.69. The van der Waals surface area contributed by atoms with E-state index in [1.54, 1.807) is 11.3 Å². The second-order valence-electron chi connectivity index (χ2n) is 5.06. The molecule has 0 spiro atoms. The van der Waals surface area contributed by atoms with Gasteiger partial charge in [-0.15, -0.1) is 11.3 Å². The number of hydrogen-bond donors (Lipinski definition) is 1. The van der Waals surface area contributed by atoms with Crippen LogP contribution < -0.4 is 5.32 Å². The average molecular weight is 274 g/mol. The van der Waals surface area contributed by atoms with Crippen LogP contribution >= 0.6 is 11.3 Å². The molecule has 0 amide bonds. The van der Waals surface area contributed by atoms with Crippen LogP contribution in [0, 0.1) is 6.92 Å². The molecule has 0 bridgehead atoms. The van der Waals surface area contributed by atoms with Gasteiger partial charge in [-0.25, -0.2) is 9.97 Å². The molecule has 0 saturated carbocycles. The molecule has 1 fully saturated rings. The first-order valence-electron chi connectivity index (χ1n) is 6.58.